The summed E-state index contributed by atoms with van der Waals surface area (Å²) in [5.74, 6) is 0. The van der Waals surface area contributed by atoms with Crippen LogP contribution in [0.15, 0.2) is 60.8 Å². The summed E-state index contributed by atoms with van der Waals surface area (Å²) in [4.78, 5) is 0. The van der Waals surface area contributed by atoms with Crippen LogP contribution in [0.5, 0.6) is 0 Å². The Bertz CT molecular complexity index is 781. The van der Waals surface area contributed by atoms with E-state index in [4.69, 9.17) is 5.73 Å². The molecular formula is C19H23N3O. The maximum absolute atomic E-state index is 10.7. The summed E-state index contributed by atoms with van der Waals surface area (Å²) >= 11 is 0. The molecule has 4 N–H and O–H groups in total. The minimum absolute atomic E-state index is 0.158. The highest BCUT2D eigenvalue weighted by Crippen LogP contribution is 2.28. The van der Waals surface area contributed by atoms with Gasteiger partial charge in [0.25, 0.3) is 0 Å². The molecule has 1 aromatic heterocycles. The first-order valence-corrected chi connectivity index (χ1v) is 7.91. The number of rotatable bonds is 6. The van der Waals surface area contributed by atoms with Gasteiger partial charge in [0.1, 0.15) is 0 Å². The number of hydrogen-bond donors (Lipinski definition) is 3. The molecule has 120 valence electrons. The Morgan fingerprint density at radius 2 is 1.96 bits per heavy atom. The van der Waals surface area contributed by atoms with Crippen LogP contribution in [0.4, 0.5) is 0 Å². The molecule has 0 bridgehead atoms. The number of likely N-dealkylation sites (N-methyl/N-ethyl adjacent to an activating group) is 1. The Labute approximate surface area is 136 Å². The molecule has 0 aliphatic heterocycles. The van der Waals surface area contributed by atoms with Gasteiger partial charge in [-0.3, -0.25) is 0 Å². The number of fused-ring (bicyclic) bond motifs is 1. The first-order valence-electron chi connectivity index (χ1n) is 7.91. The Morgan fingerprint density at radius 1 is 1.13 bits per heavy atom. The first kappa shape index (κ1) is 15.7. The van der Waals surface area contributed by atoms with Gasteiger partial charge in [-0.2, -0.15) is 0 Å². The smallest absolute Gasteiger partial charge is 0.0912 e. The van der Waals surface area contributed by atoms with Crippen molar-refractivity contribution in [2.75, 3.05) is 13.6 Å². The van der Waals surface area contributed by atoms with Gasteiger partial charge in [0, 0.05) is 24.8 Å². The standard InChI is InChI=1S/C19H23N3O/c1-21-13-18(23)19(16-7-4-5-14(11-16)12-20)22-10-9-15-6-2-3-8-17(15)22/h2-11,18-19,21,23H,12-13,20H2,1H3. The van der Waals surface area contributed by atoms with Crippen molar-refractivity contribution in [3.63, 3.8) is 0 Å². The SMILES string of the molecule is CNCC(O)C(c1cccc(CN)c1)n1ccc2ccccc21. The fourth-order valence-corrected chi connectivity index (χ4v) is 3.14. The van der Waals surface area contributed by atoms with Crippen molar-refractivity contribution in [3.05, 3.63) is 71.9 Å². The van der Waals surface area contributed by atoms with Gasteiger partial charge in [0.2, 0.25) is 0 Å². The lowest BCUT2D eigenvalue weighted by molar-refractivity contribution is 0.132. The second-order valence-corrected chi connectivity index (χ2v) is 5.80. The van der Waals surface area contributed by atoms with E-state index in [2.05, 4.69) is 40.2 Å². The number of para-hydroxylation sites is 1. The minimum Gasteiger partial charge on any atom is -0.389 e. The van der Waals surface area contributed by atoms with Gasteiger partial charge in [0.15, 0.2) is 0 Å². The van der Waals surface area contributed by atoms with Crippen molar-refractivity contribution in [2.24, 2.45) is 5.73 Å². The van der Waals surface area contributed by atoms with Crippen LogP contribution < -0.4 is 11.1 Å². The third-order valence-electron chi connectivity index (χ3n) is 4.24. The van der Waals surface area contributed by atoms with E-state index >= 15 is 0 Å². The molecule has 3 aromatic rings. The molecule has 4 heteroatoms. The van der Waals surface area contributed by atoms with E-state index in [1.54, 1.807) is 0 Å². The number of nitrogens with two attached hydrogens (primary N) is 1. The van der Waals surface area contributed by atoms with E-state index in [1.807, 2.05) is 37.5 Å². The molecule has 0 radical (unpaired) electrons. The van der Waals surface area contributed by atoms with Crippen LogP contribution in [0.25, 0.3) is 10.9 Å². The highest BCUT2D eigenvalue weighted by molar-refractivity contribution is 5.80. The van der Waals surface area contributed by atoms with Gasteiger partial charge in [-0.15, -0.1) is 0 Å². The Morgan fingerprint density at radius 3 is 2.74 bits per heavy atom. The average molecular weight is 309 g/mol. The summed E-state index contributed by atoms with van der Waals surface area (Å²) in [6.45, 7) is 1.01. The lowest BCUT2D eigenvalue weighted by Gasteiger charge is -2.26. The van der Waals surface area contributed by atoms with Gasteiger partial charge >= 0.3 is 0 Å². The zero-order valence-electron chi connectivity index (χ0n) is 13.3. The molecule has 2 aromatic carbocycles. The molecule has 0 amide bonds. The summed E-state index contributed by atoms with van der Waals surface area (Å²) in [5, 5.41) is 15.0. The van der Waals surface area contributed by atoms with E-state index in [-0.39, 0.29) is 6.04 Å². The maximum Gasteiger partial charge on any atom is 0.0912 e. The van der Waals surface area contributed by atoms with Gasteiger partial charge in [0.05, 0.1) is 12.1 Å². The van der Waals surface area contributed by atoms with Crippen LogP contribution in [-0.4, -0.2) is 29.4 Å². The monoisotopic (exact) mass is 309 g/mol. The Balaban J connectivity index is 2.11. The van der Waals surface area contributed by atoms with E-state index in [9.17, 15) is 5.11 Å². The first-order chi connectivity index (χ1) is 11.2. The number of nitrogens with zero attached hydrogens (tertiary/aromatic N) is 1. The van der Waals surface area contributed by atoms with Crippen LogP contribution in [0.1, 0.15) is 17.2 Å². The molecule has 0 saturated heterocycles. The molecule has 0 aliphatic carbocycles. The molecule has 0 saturated carbocycles. The largest absolute Gasteiger partial charge is 0.389 e. The molecule has 2 unspecified atom stereocenters. The summed E-state index contributed by atoms with van der Waals surface area (Å²) < 4.78 is 2.15. The van der Waals surface area contributed by atoms with Crippen molar-refractivity contribution in [2.45, 2.75) is 18.7 Å². The van der Waals surface area contributed by atoms with Crippen molar-refractivity contribution in [1.82, 2.24) is 9.88 Å². The molecule has 23 heavy (non-hydrogen) atoms. The number of benzene rings is 2. The second-order valence-electron chi connectivity index (χ2n) is 5.80. The zero-order valence-corrected chi connectivity index (χ0v) is 13.3. The molecule has 0 spiro atoms. The molecule has 0 fully saturated rings. The van der Waals surface area contributed by atoms with Crippen molar-refractivity contribution in [1.29, 1.82) is 0 Å². The highest BCUT2D eigenvalue weighted by atomic mass is 16.3. The Kier molecular flexibility index (Phi) is 4.76. The van der Waals surface area contributed by atoms with E-state index in [1.165, 1.54) is 5.39 Å². The van der Waals surface area contributed by atoms with Crippen LogP contribution in [0, 0.1) is 0 Å². The van der Waals surface area contributed by atoms with Crippen LogP contribution >= 0.6 is 0 Å². The molecule has 2 atom stereocenters. The molecule has 3 rings (SSSR count). The van der Waals surface area contributed by atoms with Gasteiger partial charge < -0.3 is 20.7 Å². The summed E-state index contributed by atoms with van der Waals surface area (Å²) in [6, 6.07) is 18.3. The fourth-order valence-electron chi connectivity index (χ4n) is 3.14. The lowest BCUT2D eigenvalue weighted by atomic mass is 9.98. The average Bonchev–Trinajstić information content (AvgIpc) is 3.00. The highest BCUT2D eigenvalue weighted by Gasteiger charge is 2.23. The number of aromatic nitrogens is 1. The van der Waals surface area contributed by atoms with Crippen molar-refractivity contribution < 1.29 is 5.11 Å². The quantitative estimate of drug-likeness (QED) is 0.654. The molecule has 0 aliphatic rings. The summed E-state index contributed by atoms with van der Waals surface area (Å²) in [7, 11) is 1.85. The van der Waals surface area contributed by atoms with Crippen LogP contribution in [-0.2, 0) is 6.54 Å². The third-order valence-corrected chi connectivity index (χ3v) is 4.24. The Hall–Kier alpha value is -2.14. The molecular weight excluding hydrogens is 286 g/mol. The predicted octanol–water partition coefficient (Wildman–Crippen LogP) is 2.27. The number of hydrogen-bond acceptors (Lipinski definition) is 3. The number of nitrogens with one attached hydrogen (secondary N) is 1. The maximum atomic E-state index is 10.7. The van der Waals surface area contributed by atoms with E-state index < -0.39 is 6.10 Å². The van der Waals surface area contributed by atoms with Gasteiger partial charge in [-0.05, 0) is 35.7 Å². The second kappa shape index (κ2) is 6.96. The molecule has 1 heterocycles. The third kappa shape index (κ3) is 3.15. The van der Waals surface area contributed by atoms with Crippen LogP contribution in [0.2, 0.25) is 0 Å². The topological polar surface area (TPSA) is 63.2 Å². The number of aliphatic hydroxyl groups excluding tert-OH is 1. The van der Waals surface area contributed by atoms with Gasteiger partial charge in [-0.1, -0.05) is 42.5 Å². The number of aliphatic hydroxyl groups is 1. The van der Waals surface area contributed by atoms with Gasteiger partial charge in [-0.25, -0.2) is 0 Å². The molecule has 4 nitrogen and oxygen atoms in total. The summed E-state index contributed by atoms with van der Waals surface area (Å²) in [6.07, 6.45) is 1.51. The predicted molar refractivity (Wildman–Crippen MR) is 94.3 cm³/mol. The lowest BCUT2D eigenvalue weighted by Crippen LogP contribution is -2.33. The normalized spacial score (nSPS) is 14.0. The van der Waals surface area contributed by atoms with E-state index in [0.717, 1.165) is 16.6 Å². The summed E-state index contributed by atoms with van der Waals surface area (Å²) in [5.41, 5.74) is 9.03. The van der Waals surface area contributed by atoms with Crippen molar-refractivity contribution in [3.8, 4) is 0 Å². The van der Waals surface area contributed by atoms with Crippen LogP contribution in [0.3, 0.4) is 0 Å². The fraction of sp³-hybridized carbons (Fsp3) is 0.263. The zero-order chi connectivity index (χ0) is 16.2. The van der Waals surface area contributed by atoms with E-state index in [0.29, 0.717) is 13.1 Å². The minimum atomic E-state index is -0.538. The van der Waals surface area contributed by atoms with Crippen molar-refractivity contribution >= 4 is 10.9 Å².